The molecule has 1 amide bonds. The number of nitrogens with one attached hydrogen (secondary N) is 1. The molecule has 0 unspecified atom stereocenters. The minimum Gasteiger partial charge on any atom is -0.486 e. The van der Waals surface area contributed by atoms with Gasteiger partial charge in [0.05, 0.1) is 19.2 Å². The van der Waals surface area contributed by atoms with Gasteiger partial charge in [-0.25, -0.2) is 4.79 Å². The minimum atomic E-state index is -0.437. The van der Waals surface area contributed by atoms with Crippen LogP contribution in [0.4, 0.5) is 0 Å². The van der Waals surface area contributed by atoms with Crippen molar-refractivity contribution in [1.82, 2.24) is 5.32 Å². The summed E-state index contributed by atoms with van der Waals surface area (Å²) in [5.74, 6) is 0.700. The zero-order valence-corrected chi connectivity index (χ0v) is 13.2. The molecule has 1 aliphatic heterocycles. The van der Waals surface area contributed by atoms with Gasteiger partial charge in [0.2, 0.25) is 0 Å². The first-order valence-corrected chi connectivity index (χ1v) is 7.52. The molecular weight excluding hydrogens is 310 g/mol. The van der Waals surface area contributed by atoms with Crippen molar-refractivity contribution in [3.8, 4) is 11.5 Å². The molecule has 0 spiro atoms. The van der Waals surface area contributed by atoms with Crippen molar-refractivity contribution in [2.24, 2.45) is 0 Å². The van der Waals surface area contributed by atoms with E-state index in [0.717, 1.165) is 0 Å². The van der Waals surface area contributed by atoms with Crippen LogP contribution < -0.4 is 14.8 Å². The van der Waals surface area contributed by atoms with Crippen LogP contribution in [0.5, 0.6) is 11.5 Å². The van der Waals surface area contributed by atoms with Crippen molar-refractivity contribution in [3.63, 3.8) is 0 Å². The third-order valence-corrected chi connectivity index (χ3v) is 3.63. The summed E-state index contributed by atoms with van der Waals surface area (Å²) in [6.07, 6.45) is -0.252. The number of amides is 1. The topological polar surface area (TPSA) is 73.9 Å². The lowest BCUT2D eigenvalue weighted by atomic mass is 10.1. The number of methoxy groups -OCH3 is 1. The normalized spacial score (nSPS) is 15.5. The smallest absolute Gasteiger partial charge is 0.337 e. The minimum absolute atomic E-state index is 0.242. The van der Waals surface area contributed by atoms with Gasteiger partial charge in [0.1, 0.15) is 12.7 Å². The van der Waals surface area contributed by atoms with E-state index in [-0.39, 0.29) is 12.0 Å². The fraction of sp³-hybridized carbons (Fsp3) is 0.222. The molecule has 6 nitrogen and oxygen atoms in total. The molecule has 24 heavy (non-hydrogen) atoms. The highest BCUT2D eigenvalue weighted by Crippen LogP contribution is 2.30. The molecule has 2 aromatic rings. The highest BCUT2D eigenvalue weighted by atomic mass is 16.6. The van der Waals surface area contributed by atoms with E-state index in [2.05, 4.69) is 10.1 Å². The quantitative estimate of drug-likeness (QED) is 0.870. The van der Waals surface area contributed by atoms with Gasteiger partial charge in [-0.1, -0.05) is 12.1 Å². The summed E-state index contributed by atoms with van der Waals surface area (Å²) in [7, 11) is 1.31. The third-order valence-electron chi connectivity index (χ3n) is 3.63. The lowest BCUT2D eigenvalue weighted by molar-refractivity contribution is 0.0600. The molecule has 124 valence electrons. The van der Waals surface area contributed by atoms with E-state index >= 15 is 0 Å². The Morgan fingerprint density at radius 2 is 1.75 bits per heavy atom. The Morgan fingerprint density at radius 3 is 2.46 bits per heavy atom. The van der Waals surface area contributed by atoms with E-state index < -0.39 is 5.97 Å². The van der Waals surface area contributed by atoms with Crippen molar-refractivity contribution >= 4 is 11.9 Å². The van der Waals surface area contributed by atoms with E-state index in [4.69, 9.17) is 9.47 Å². The molecule has 1 atom stereocenters. The van der Waals surface area contributed by atoms with Crippen molar-refractivity contribution in [2.75, 3.05) is 20.3 Å². The molecule has 0 saturated heterocycles. The molecule has 2 aromatic carbocycles. The van der Waals surface area contributed by atoms with Crippen LogP contribution in [0.25, 0.3) is 0 Å². The molecule has 1 N–H and O–H groups in total. The monoisotopic (exact) mass is 327 g/mol. The molecule has 0 aromatic heterocycles. The molecule has 1 heterocycles. The van der Waals surface area contributed by atoms with Gasteiger partial charge < -0.3 is 19.5 Å². The summed E-state index contributed by atoms with van der Waals surface area (Å²) in [5, 5.41) is 2.80. The van der Waals surface area contributed by atoms with E-state index in [9.17, 15) is 9.59 Å². The molecular formula is C18H17NO5. The van der Waals surface area contributed by atoms with Crippen LogP contribution in [0.3, 0.4) is 0 Å². The number of hydrogen-bond donors (Lipinski definition) is 1. The highest BCUT2D eigenvalue weighted by Gasteiger charge is 2.21. The van der Waals surface area contributed by atoms with Gasteiger partial charge in [-0.3, -0.25) is 4.79 Å². The van der Waals surface area contributed by atoms with Crippen LogP contribution in [0.15, 0.2) is 48.5 Å². The van der Waals surface area contributed by atoms with Gasteiger partial charge in [-0.2, -0.15) is 0 Å². The first kappa shape index (κ1) is 15.9. The largest absolute Gasteiger partial charge is 0.486 e. The second-order valence-corrected chi connectivity index (χ2v) is 5.28. The molecule has 0 saturated carbocycles. The third kappa shape index (κ3) is 3.48. The summed E-state index contributed by atoms with van der Waals surface area (Å²) in [5.41, 5.74) is 0.856. The molecule has 1 aliphatic rings. The van der Waals surface area contributed by atoms with Crippen LogP contribution in [-0.4, -0.2) is 38.2 Å². The van der Waals surface area contributed by atoms with E-state index in [0.29, 0.717) is 35.8 Å². The number of rotatable bonds is 4. The maximum Gasteiger partial charge on any atom is 0.337 e. The number of ether oxygens (including phenoxy) is 3. The van der Waals surface area contributed by atoms with Crippen LogP contribution >= 0.6 is 0 Å². The fourth-order valence-electron chi connectivity index (χ4n) is 2.35. The summed E-state index contributed by atoms with van der Waals surface area (Å²) in [6.45, 7) is 0.699. The number of esters is 1. The van der Waals surface area contributed by atoms with E-state index in [1.807, 2.05) is 24.3 Å². The molecule has 0 radical (unpaired) electrons. The van der Waals surface area contributed by atoms with Gasteiger partial charge in [0, 0.05) is 5.56 Å². The van der Waals surface area contributed by atoms with Crippen molar-refractivity contribution in [3.05, 3.63) is 59.7 Å². The number of fused-ring (bicyclic) bond motifs is 1. The van der Waals surface area contributed by atoms with Gasteiger partial charge in [-0.15, -0.1) is 0 Å². The number of carbonyl (C=O) groups excluding carboxylic acids is 2. The van der Waals surface area contributed by atoms with E-state index in [1.165, 1.54) is 7.11 Å². The Balaban J connectivity index is 1.55. The van der Waals surface area contributed by atoms with Crippen molar-refractivity contribution < 1.29 is 23.8 Å². The van der Waals surface area contributed by atoms with Crippen molar-refractivity contribution in [1.29, 1.82) is 0 Å². The Kier molecular flexibility index (Phi) is 4.65. The van der Waals surface area contributed by atoms with Crippen LogP contribution in [0.2, 0.25) is 0 Å². The average molecular weight is 327 g/mol. The standard InChI is InChI=1S/C18H17NO5/c1-22-18(21)13-8-6-12(7-9-13)17(20)19-10-14-11-23-15-4-2-3-5-16(15)24-14/h2-9,14H,10-11H2,1H3,(H,19,20)/t14-/m0/s1. The molecule has 6 heteroatoms. The Hall–Kier alpha value is -3.02. The summed E-state index contributed by atoms with van der Waals surface area (Å²) >= 11 is 0. The molecule has 0 aliphatic carbocycles. The number of para-hydroxylation sites is 2. The van der Waals surface area contributed by atoms with Crippen LogP contribution in [0, 0.1) is 0 Å². The van der Waals surface area contributed by atoms with Gasteiger partial charge in [0.15, 0.2) is 11.5 Å². The summed E-state index contributed by atoms with van der Waals surface area (Å²) < 4.78 is 16.0. The maximum absolute atomic E-state index is 12.2. The lowest BCUT2D eigenvalue weighted by Crippen LogP contribution is -2.40. The highest BCUT2D eigenvalue weighted by molar-refractivity contribution is 5.96. The number of carbonyl (C=O) groups is 2. The first-order chi connectivity index (χ1) is 11.7. The Labute approximate surface area is 139 Å². The Bertz CT molecular complexity index is 741. The van der Waals surface area contributed by atoms with E-state index in [1.54, 1.807) is 24.3 Å². The molecule has 3 rings (SSSR count). The second-order valence-electron chi connectivity index (χ2n) is 5.28. The number of hydrogen-bond acceptors (Lipinski definition) is 5. The van der Waals surface area contributed by atoms with Gasteiger partial charge >= 0.3 is 5.97 Å². The molecule has 0 fully saturated rings. The average Bonchev–Trinajstić information content (AvgIpc) is 2.65. The maximum atomic E-state index is 12.2. The first-order valence-electron chi connectivity index (χ1n) is 7.52. The molecule has 0 bridgehead atoms. The fourth-order valence-corrected chi connectivity index (χ4v) is 2.35. The second kappa shape index (κ2) is 7.04. The Morgan fingerprint density at radius 1 is 1.08 bits per heavy atom. The van der Waals surface area contributed by atoms with Gasteiger partial charge in [-0.05, 0) is 36.4 Å². The predicted molar refractivity (Wildman–Crippen MR) is 86.5 cm³/mol. The SMILES string of the molecule is COC(=O)c1ccc(C(=O)NC[C@H]2COc3ccccc3O2)cc1. The predicted octanol–water partition coefficient (Wildman–Crippen LogP) is 2.04. The van der Waals surface area contributed by atoms with Crippen LogP contribution in [-0.2, 0) is 4.74 Å². The zero-order chi connectivity index (χ0) is 16.9. The summed E-state index contributed by atoms with van der Waals surface area (Å²) in [4.78, 5) is 23.5. The van der Waals surface area contributed by atoms with Crippen molar-refractivity contribution in [2.45, 2.75) is 6.10 Å². The van der Waals surface area contributed by atoms with Crippen LogP contribution in [0.1, 0.15) is 20.7 Å². The summed E-state index contributed by atoms with van der Waals surface area (Å²) in [6, 6.07) is 13.7. The lowest BCUT2D eigenvalue weighted by Gasteiger charge is -2.26. The number of benzene rings is 2. The van der Waals surface area contributed by atoms with Gasteiger partial charge in [0.25, 0.3) is 5.91 Å². The zero-order valence-electron chi connectivity index (χ0n) is 13.2.